The van der Waals surface area contributed by atoms with Crippen LogP contribution in [0.25, 0.3) is 0 Å². The molecule has 9 heteroatoms. The van der Waals surface area contributed by atoms with Crippen molar-refractivity contribution in [2.75, 3.05) is 0 Å². The smallest absolute Gasteiger partial charge is 0.326 e. The van der Waals surface area contributed by atoms with Crippen molar-refractivity contribution in [2.45, 2.75) is 38.8 Å². The third-order valence-electron chi connectivity index (χ3n) is 2.51. The maximum Gasteiger partial charge on any atom is 0.326 e. The van der Waals surface area contributed by atoms with Crippen molar-refractivity contribution in [1.29, 1.82) is 0 Å². The largest absolute Gasteiger partial charge is 0.481 e. The summed E-state index contributed by atoms with van der Waals surface area (Å²) in [5.74, 6) is -3.55. The van der Waals surface area contributed by atoms with Crippen molar-refractivity contribution < 1.29 is 29.4 Å². The van der Waals surface area contributed by atoms with Crippen LogP contribution >= 0.6 is 0 Å². The summed E-state index contributed by atoms with van der Waals surface area (Å²) in [6.45, 7) is 3.29. The van der Waals surface area contributed by atoms with Crippen molar-refractivity contribution in [3.63, 3.8) is 0 Å². The Balaban J connectivity index is 4.74. The predicted octanol–water partition coefficient (Wildman–Crippen LogP) is -0.886. The third-order valence-corrected chi connectivity index (χ3v) is 2.51. The van der Waals surface area contributed by atoms with Gasteiger partial charge in [0.05, 0.1) is 0 Å². The molecule has 0 bridgehead atoms. The highest BCUT2D eigenvalue weighted by atomic mass is 16.4. The molecule has 3 amide bonds. The summed E-state index contributed by atoms with van der Waals surface area (Å²) in [4.78, 5) is 44.0. The second-order valence-corrected chi connectivity index (χ2v) is 4.56. The Bertz CT molecular complexity index is 396. The molecule has 0 fully saturated rings. The molecule has 0 radical (unpaired) electrons. The molecular formula is C11H19N3O6. The average Bonchev–Trinajstić information content (AvgIpc) is 2.29. The van der Waals surface area contributed by atoms with E-state index in [2.05, 4.69) is 10.6 Å². The van der Waals surface area contributed by atoms with Gasteiger partial charge >= 0.3 is 18.0 Å². The number of urea groups is 1. The number of carbonyl (C=O) groups is 4. The molecule has 0 spiro atoms. The number of rotatable bonds is 8. The molecule has 2 unspecified atom stereocenters. The number of amides is 3. The number of aliphatic carboxylic acids is 2. The summed E-state index contributed by atoms with van der Waals surface area (Å²) in [7, 11) is 0. The lowest BCUT2D eigenvalue weighted by atomic mass is 10.0. The van der Waals surface area contributed by atoms with Crippen LogP contribution in [-0.2, 0) is 14.4 Å². The molecule has 0 heterocycles. The third kappa shape index (κ3) is 6.57. The van der Waals surface area contributed by atoms with Crippen LogP contribution in [0.2, 0.25) is 0 Å². The van der Waals surface area contributed by atoms with Crippen molar-refractivity contribution >= 4 is 23.9 Å². The predicted molar refractivity (Wildman–Crippen MR) is 67.8 cm³/mol. The minimum absolute atomic E-state index is 0.252. The van der Waals surface area contributed by atoms with Crippen LogP contribution in [-0.4, -0.2) is 46.2 Å². The monoisotopic (exact) mass is 289 g/mol. The minimum Gasteiger partial charge on any atom is -0.481 e. The maximum absolute atomic E-state index is 11.9. The first kappa shape index (κ1) is 17.7. The first-order valence-electron chi connectivity index (χ1n) is 5.96. The lowest BCUT2D eigenvalue weighted by molar-refractivity contribution is -0.143. The molecular weight excluding hydrogens is 270 g/mol. The van der Waals surface area contributed by atoms with Gasteiger partial charge in [-0.15, -0.1) is 0 Å². The van der Waals surface area contributed by atoms with Crippen LogP contribution in [0.3, 0.4) is 0 Å². The SMILES string of the molecule is CC(C)C(NC(N)=O)C(=O)NC(CCC(=O)O)C(=O)O. The van der Waals surface area contributed by atoms with Crippen molar-refractivity contribution in [1.82, 2.24) is 10.6 Å². The number of carboxylic acid groups (broad SMARTS) is 2. The Morgan fingerprint density at radius 2 is 1.65 bits per heavy atom. The van der Waals surface area contributed by atoms with Gasteiger partial charge in [0.1, 0.15) is 12.1 Å². The van der Waals surface area contributed by atoms with Crippen LogP contribution in [0, 0.1) is 5.92 Å². The average molecular weight is 289 g/mol. The van der Waals surface area contributed by atoms with Gasteiger partial charge < -0.3 is 26.6 Å². The van der Waals surface area contributed by atoms with Crippen LogP contribution < -0.4 is 16.4 Å². The molecule has 0 rings (SSSR count). The summed E-state index contributed by atoms with van der Waals surface area (Å²) in [5, 5.41) is 21.8. The van der Waals surface area contributed by atoms with Crippen LogP contribution in [0.15, 0.2) is 0 Å². The fraction of sp³-hybridized carbons (Fsp3) is 0.636. The number of nitrogens with one attached hydrogen (secondary N) is 2. The number of hydrogen-bond acceptors (Lipinski definition) is 4. The van der Waals surface area contributed by atoms with Crippen LogP contribution in [0.4, 0.5) is 4.79 Å². The first-order valence-corrected chi connectivity index (χ1v) is 5.96. The lowest BCUT2D eigenvalue weighted by Crippen LogP contribution is -2.54. The second-order valence-electron chi connectivity index (χ2n) is 4.56. The fourth-order valence-electron chi connectivity index (χ4n) is 1.47. The van der Waals surface area contributed by atoms with E-state index < -0.39 is 42.4 Å². The topological polar surface area (TPSA) is 159 Å². The van der Waals surface area contributed by atoms with E-state index in [9.17, 15) is 19.2 Å². The maximum atomic E-state index is 11.9. The van der Waals surface area contributed by atoms with Gasteiger partial charge in [-0.2, -0.15) is 0 Å². The Kier molecular flexibility index (Phi) is 7.05. The Morgan fingerprint density at radius 3 is 2.00 bits per heavy atom. The van der Waals surface area contributed by atoms with E-state index in [1.165, 1.54) is 0 Å². The standard InChI is InChI=1S/C11H19N3O6/c1-5(2)8(14-11(12)20)9(17)13-6(10(18)19)3-4-7(15)16/h5-6,8H,3-4H2,1-2H3,(H,13,17)(H,15,16)(H,18,19)(H3,12,14,20). The van der Waals surface area contributed by atoms with Gasteiger partial charge in [-0.05, 0) is 12.3 Å². The van der Waals surface area contributed by atoms with E-state index in [0.29, 0.717) is 0 Å². The minimum atomic E-state index is -1.35. The molecule has 0 aromatic carbocycles. The van der Waals surface area contributed by atoms with E-state index in [1.807, 2.05) is 0 Å². The second kappa shape index (κ2) is 7.97. The molecule has 6 N–H and O–H groups in total. The van der Waals surface area contributed by atoms with Crippen molar-refractivity contribution in [2.24, 2.45) is 11.7 Å². The molecule has 0 aliphatic heterocycles. The van der Waals surface area contributed by atoms with Crippen molar-refractivity contribution in [3.8, 4) is 0 Å². The van der Waals surface area contributed by atoms with E-state index in [4.69, 9.17) is 15.9 Å². The molecule has 114 valence electrons. The lowest BCUT2D eigenvalue weighted by Gasteiger charge is -2.23. The number of carbonyl (C=O) groups excluding carboxylic acids is 2. The number of nitrogens with two attached hydrogens (primary N) is 1. The summed E-state index contributed by atoms with van der Waals surface area (Å²) in [6.07, 6.45) is -0.648. The van der Waals surface area contributed by atoms with Crippen LogP contribution in [0.5, 0.6) is 0 Å². The molecule has 2 atom stereocenters. The zero-order valence-corrected chi connectivity index (χ0v) is 11.3. The number of primary amides is 1. The molecule has 0 aliphatic carbocycles. The van der Waals surface area contributed by atoms with E-state index >= 15 is 0 Å². The summed E-state index contributed by atoms with van der Waals surface area (Å²) in [5.41, 5.74) is 4.93. The van der Waals surface area contributed by atoms with Crippen LogP contribution in [0.1, 0.15) is 26.7 Å². The van der Waals surface area contributed by atoms with E-state index in [-0.39, 0.29) is 12.3 Å². The summed E-state index contributed by atoms with van der Waals surface area (Å²) < 4.78 is 0. The molecule has 9 nitrogen and oxygen atoms in total. The molecule has 0 saturated heterocycles. The highest BCUT2D eigenvalue weighted by molar-refractivity contribution is 5.90. The summed E-state index contributed by atoms with van der Waals surface area (Å²) in [6, 6.07) is -3.23. The Hall–Kier alpha value is -2.32. The zero-order valence-electron chi connectivity index (χ0n) is 11.3. The number of carboxylic acids is 2. The van der Waals surface area contributed by atoms with Gasteiger partial charge in [-0.3, -0.25) is 9.59 Å². The van der Waals surface area contributed by atoms with Crippen molar-refractivity contribution in [3.05, 3.63) is 0 Å². The first-order chi connectivity index (χ1) is 9.15. The van der Waals surface area contributed by atoms with Gasteiger partial charge in [0.25, 0.3) is 0 Å². The molecule has 0 aliphatic rings. The van der Waals surface area contributed by atoms with Gasteiger partial charge in [-0.1, -0.05) is 13.8 Å². The van der Waals surface area contributed by atoms with E-state index in [0.717, 1.165) is 0 Å². The highest BCUT2D eigenvalue weighted by Crippen LogP contribution is 2.04. The van der Waals surface area contributed by atoms with Gasteiger partial charge in [0.15, 0.2) is 0 Å². The molecule has 20 heavy (non-hydrogen) atoms. The Labute approximate surface area is 115 Å². The fourth-order valence-corrected chi connectivity index (χ4v) is 1.47. The highest BCUT2D eigenvalue weighted by Gasteiger charge is 2.28. The normalized spacial score (nSPS) is 13.3. The van der Waals surface area contributed by atoms with Gasteiger partial charge in [0.2, 0.25) is 5.91 Å². The van der Waals surface area contributed by atoms with Gasteiger partial charge in [0, 0.05) is 6.42 Å². The summed E-state index contributed by atoms with van der Waals surface area (Å²) >= 11 is 0. The number of hydrogen-bond donors (Lipinski definition) is 5. The zero-order chi connectivity index (χ0) is 15.9. The van der Waals surface area contributed by atoms with E-state index in [1.54, 1.807) is 13.8 Å². The molecule has 0 aromatic heterocycles. The van der Waals surface area contributed by atoms with Gasteiger partial charge in [-0.25, -0.2) is 9.59 Å². The quantitative estimate of drug-likeness (QED) is 0.390. The Morgan fingerprint density at radius 1 is 1.10 bits per heavy atom. The molecule has 0 saturated carbocycles. The molecule has 0 aromatic rings.